The standard InChI is InChI=1S/C16H21N3/c1-19-9-3-6-15(19)12-18-11-14-5-2-4-13-10-17-8-7-16(13)14/h2,4-5,7-8,10,15,18H,3,6,9,11-12H2,1H3. The van der Waals surface area contributed by atoms with Gasteiger partial charge in [0.05, 0.1) is 0 Å². The molecular weight excluding hydrogens is 234 g/mol. The topological polar surface area (TPSA) is 28.2 Å². The summed E-state index contributed by atoms with van der Waals surface area (Å²) in [6.45, 7) is 3.26. The average Bonchev–Trinajstić information content (AvgIpc) is 2.85. The molecule has 0 aliphatic carbocycles. The van der Waals surface area contributed by atoms with E-state index in [1.54, 1.807) is 0 Å². The van der Waals surface area contributed by atoms with E-state index in [4.69, 9.17) is 0 Å². The van der Waals surface area contributed by atoms with Crippen molar-refractivity contribution in [1.82, 2.24) is 15.2 Å². The van der Waals surface area contributed by atoms with Crippen LogP contribution in [0.25, 0.3) is 10.8 Å². The second-order valence-corrected chi connectivity index (χ2v) is 5.42. The molecule has 2 heterocycles. The molecule has 1 fully saturated rings. The fourth-order valence-electron chi connectivity index (χ4n) is 2.95. The molecule has 1 aliphatic rings. The zero-order valence-electron chi connectivity index (χ0n) is 11.5. The molecule has 2 aromatic rings. The Labute approximate surface area is 114 Å². The molecular formula is C16H21N3. The second-order valence-electron chi connectivity index (χ2n) is 5.42. The summed E-state index contributed by atoms with van der Waals surface area (Å²) in [5.41, 5.74) is 1.36. The van der Waals surface area contributed by atoms with Gasteiger partial charge in [-0.2, -0.15) is 0 Å². The van der Waals surface area contributed by atoms with E-state index in [9.17, 15) is 0 Å². The first-order valence-corrected chi connectivity index (χ1v) is 7.07. The van der Waals surface area contributed by atoms with Crippen LogP contribution in [0.3, 0.4) is 0 Å². The number of aromatic nitrogens is 1. The minimum Gasteiger partial charge on any atom is -0.311 e. The number of pyridine rings is 1. The van der Waals surface area contributed by atoms with Crippen LogP contribution in [0.15, 0.2) is 36.7 Å². The van der Waals surface area contributed by atoms with Gasteiger partial charge in [0.15, 0.2) is 0 Å². The van der Waals surface area contributed by atoms with Gasteiger partial charge in [-0.3, -0.25) is 4.98 Å². The van der Waals surface area contributed by atoms with Gasteiger partial charge in [0.1, 0.15) is 0 Å². The summed E-state index contributed by atoms with van der Waals surface area (Å²) in [5, 5.41) is 6.14. The predicted molar refractivity (Wildman–Crippen MR) is 79.1 cm³/mol. The maximum absolute atomic E-state index is 4.18. The SMILES string of the molecule is CN1CCCC1CNCc1cccc2cnccc12. The van der Waals surface area contributed by atoms with E-state index < -0.39 is 0 Å². The van der Waals surface area contributed by atoms with Gasteiger partial charge in [0.2, 0.25) is 0 Å². The van der Waals surface area contributed by atoms with Crippen LogP contribution in [0.2, 0.25) is 0 Å². The highest BCUT2D eigenvalue weighted by molar-refractivity contribution is 5.84. The summed E-state index contributed by atoms with van der Waals surface area (Å²) in [6, 6.07) is 9.25. The first-order valence-electron chi connectivity index (χ1n) is 7.07. The van der Waals surface area contributed by atoms with Crippen LogP contribution in [0.5, 0.6) is 0 Å². The molecule has 100 valence electrons. The average molecular weight is 255 g/mol. The lowest BCUT2D eigenvalue weighted by Gasteiger charge is -2.20. The van der Waals surface area contributed by atoms with Gasteiger partial charge < -0.3 is 10.2 Å². The van der Waals surface area contributed by atoms with Crippen LogP contribution in [-0.2, 0) is 6.54 Å². The zero-order valence-corrected chi connectivity index (χ0v) is 11.5. The third kappa shape index (κ3) is 2.77. The highest BCUT2D eigenvalue weighted by atomic mass is 15.2. The number of nitrogens with zero attached hydrogens (tertiary/aromatic N) is 2. The Balaban J connectivity index is 1.65. The Morgan fingerprint density at radius 1 is 1.37 bits per heavy atom. The third-order valence-corrected chi connectivity index (χ3v) is 4.14. The third-order valence-electron chi connectivity index (χ3n) is 4.14. The van der Waals surface area contributed by atoms with Crippen molar-refractivity contribution in [3.63, 3.8) is 0 Å². The Hall–Kier alpha value is -1.45. The van der Waals surface area contributed by atoms with Crippen molar-refractivity contribution < 1.29 is 0 Å². The lowest BCUT2D eigenvalue weighted by atomic mass is 10.1. The van der Waals surface area contributed by atoms with Crippen LogP contribution in [-0.4, -0.2) is 36.1 Å². The maximum atomic E-state index is 4.18. The van der Waals surface area contributed by atoms with Crippen molar-refractivity contribution in [3.8, 4) is 0 Å². The molecule has 1 aromatic carbocycles. The molecule has 1 aromatic heterocycles. The van der Waals surface area contributed by atoms with Crippen LogP contribution in [0.1, 0.15) is 18.4 Å². The Bertz CT molecular complexity index is 547. The molecule has 3 nitrogen and oxygen atoms in total. The molecule has 3 heteroatoms. The molecule has 19 heavy (non-hydrogen) atoms. The number of nitrogens with one attached hydrogen (secondary N) is 1. The normalized spacial score (nSPS) is 20.2. The number of fused-ring (bicyclic) bond motifs is 1. The monoisotopic (exact) mass is 255 g/mol. The second kappa shape index (κ2) is 5.68. The fraction of sp³-hybridized carbons (Fsp3) is 0.438. The summed E-state index contributed by atoms with van der Waals surface area (Å²) in [7, 11) is 2.23. The van der Waals surface area contributed by atoms with Crippen molar-refractivity contribution >= 4 is 10.8 Å². The van der Waals surface area contributed by atoms with E-state index >= 15 is 0 Å². The molecule has 1 unspecified atom stereocenters. The molecule has 1 atom stereocenters. The van der Waals surface area contributed by atoms with Crippen LogP contribution < -0.4 is 5.32 Å². The van der Waals surface area contributed by atoms with Gasteiger partial charge in [-0.1, -0.05) is 18.2 Å². The van der Waals surface area contributed by atoms with Crippen molar-refractivity contribution in [3.05, 3.63) is 42.2 Å². The molecule has 3 rings (SSSR count). The highest BCUT2D eigenvalue weighted by Crippen LogP contribution is 2.18. The zero-order chi connectivity index (χ0) is 13.1. The summed E-state index contributed by atoms with van der Waals surface area (Å²) in [5.74, 6) is 0. The van der Waals surface area contributed by atoms with Gasteiger partial charge >= 0.3 is 0 Å². The van der Waals surface area contributed by atoms with Crippen molar-refractivity contribution in [2.45, 2.75) is 25.4 Å². The van der Waals surface area contributed by atoms with E-state index in [1.165, 1.54) is 35.7 Å². The quantitative estimate of drug-likeness (QED) is 0.909. The number of hydrogen-bond donors (Lipinski definition) is 1. The number of benzene rings is 1. The Kier molecular flexibility index (Phi) is 3.76. The fourth-order valence-corrected chi connectivity index (χ4v) is 2.95. The largest absolute Gasteiger partial charge is 0.311 e. The first kappa shape index (κ1) is 12.6. The molecule has 0 amide bonds. The lowest BCUT2D eigenvalue weighted by Crippen LogP contribution is -2.35. The van der Waals surface area contributed by atoms with E-state index in [2.05, 4.69) is 46.5 Å². The minimum atomic E-state index is 0.705. The summed E-state index contributed by atoms with van der Waals surface area (Å²) < 4.78 is 0. The van der Waals surface area contributed by atoms with Gasteiger partial charge in [-0.15, -0.1) is 0 Å². The molecule has 1 saturated heterocycles. The number of likely N-dealkylation sites (tertiary alicyclic amines) is 1. The summed E-state index contributed by atoms with van der Waals surface area (Å²) in [4.78, 5) is 6.64. The van der Waals surface area contributed by atoms with E-state index in [1.807, 2.05) is 12.4 Å². The summed E-state index contributed by atoms with van der Waals surface area (Å²) >= 11 is 0. The molecule has 1 aliphatic heterocycles. The maximum Gasteiger partial charge on any atom is 0.0346 e. The van der Waals surface area contributed by atoms with Crippen molar-refractivity contribution in [2.24, 2.45) is 0 Å². The molecule has 0 radical (unpaired) electrons. The van der Waals surface area contributed by atoms with Crippen LogP contribution >= 0.6 is 0 Å². The highest BCUT2D eigenvalue weighted by Gasteiger charge is 2.19. The van der Waals surface area contributed by atoms with Crippen molar-refractivity contribution in [1.29, 1.82) is 0 Å². The lowest BCUT2D eigenvalue weighted by molar-refractivity contribution is 0.300. The summed E-state index contributed by atoms with van der Waals surface area (Å²) in [6.07, 6.45) is 6.46. The Morgan fingerprint density at radius 2 is 2.32 bits per heavy atom. The molecule has 0 spiro atoms. The van der Waals surface area contributed by atoms with Gasteiger partial charge in [-0.25, -0.2) is 0 Å². The predicted octanol–water partition coefficient (Wildman–Crippen LogP) is 2.42. The van der Waals surface area contributed by atoms with E-state index in [0.29, 0.717) is 6.04 Å². The number of likely N-dealkylation sites (N-methyl/N-ethyl adjacent to an activating group) is 1. The van der Waals surface area contributed by atoms with Gasteiger partial charge in [-0.05, 0) is 43.5 Å². The number of rotatable bonds is 4. The van der Waals surface area contributed by atoms with Crippen LogP contribution in [0, 0.1) is 0 Å². The molecule has 0 saturated carbocycles. The van der Waals surface area contributed by atoms with E-state index in [-0.39, 0.29) is 0 Å². The van der Waals surface area contributed by atoms with E-state index in [0.717, 1.165) is 13.1 Å². The smallest absolute Gasteiger partial charge is 0.0346 e. The van der Waals surface area contributed by atoms with Gasteiger partial charge in [0, 0.05) is 36.9 Å². The van der Waals surface area contributed by atoms with Crippen LogP contribution in [0.4, 0.5) is 0 Å². The van der Waals surface area contributed by atoms with Gasteiger partial charge in [0.25, 0.3) is 0 Å². The minimum absolute atomic E-state index is 0.705. The molecule has 0 bridgehead atoms. The van der Waals surface area contributed by atoms with Crippen molar-refractivity contribution in [2.75, 3.05) is 20.1 Å². The first-order chi connectivity index (χ1) is 9.34. The molecule has 1 N–H and O–H groups in total. The Morgan fingerprint density at radius 3 is 3.16 bits per heavy atom. The number of hydrogen-bond acceptors (Lipinski definition) is 3.